The Balaban J connectivity index is 1.71. The number of methoxy groups -OCH3 is 1. The van der Waals surface area contributed by atoms with E-state index in [0.29, 0.717) is 34.3 Å². The van der Waals surface area contributed by atoms with Gasteiger partial charge < -0.3 is 20.3 Å². The van der Waals surface area contributed by atoms with Crippen LogP contribution in [0.5, 0.6) is 5.75 Å². The number of nitrogens with one attached hydrogen (secondary N) is 2. The van der Waals surface area contributed by atoms with Crippen LogP contribution < -0.4 is 20.3 Å². The quantitative estimate of drug-likeness (QED) is 0.753. The van der Waals surface area contributed by atoms with Gasteiger partial charge in [-0.15, -0.1) is 0 Å². The third kappa shape index (κ3) is 4.86. The molecule has 1 fully saturated rings. The van der Waals surface area contributed by atoms with E-state index in [1.54, 1.807) is 49.4 Å². The molecule has 0 aromatic heterocycles. The smallest absolute Gasteiger partial charge is 0.229 e. The van der Waals surface area contributed by atoms with Gasteiger partial charge >= 0.3 is 0 Å². The number of amides is 3. The fraction of sp³-hybridized carbons (Fsp3) is 0.286. The Morgan fingerprint density at radius 1 is 1.17 bits per heavy atom. The molecule has 3 rings (SSSR count). The van der Waals surface area contributed by atoms with Gasteiger partial charge in [0.25, 0.3) is 0 Å². The molecule has 1 unspecified atom stereocenters. The third-order valence-electron chi connectivity index (χ3n) is 4.66. The van der Waals surface area contributed by atoms with E-state index < -0.39 is 5.92 Å². The van der Waals surface area contributed by atoms with Gasteiger partial charge in [-0.2, -0.15) is 0 Å². The average molecular weight is 416 g/mol. The summed E-state index contributed by atoms with van der Waals surface area (Å²) < 4.78 is 5.32. The van der Waals surface area contributed by atoms with Gasteiger partial charge in [-0.25, -0.2) is 0 Å². The van der Waals surface area contributed by atoms with Crippen LogP contribution in [0.4, 0.5) is 17.1 Å². The lowest BCUT2D eigenvalue weighted by atomic mass is 10.1. The van der Waals surface area contributed by atoms with Gasteiger partial charge in [0.05, 0.1) is 18.7 Å². The van der Waals surface area contributed by atoms with Crippen molar-refractivity contribution in [3.8, 4) is 5.75 Å². The average Bonchev–Trinajstić information content (AvgIpc) is 3.09. The summed E-state index contributed by atoms with van der Waals surface area (Å²) in [6.07, 6.45) is 0.456. The fourth-order valence-electron chi connectivity index (χ4n) is 3.16. The predicted octanol–water partition coefficient (Wildman–Crippen LogP) is 3.69. The molecule has 1 aliphatic rings. The number of ether oxygens (including phenoxy) is 1. The second-order valence-electron chi connectivity index (χ2n) is 6.69. The van der Waals surface area contributed by atoms with Crippen molar-refractivity contribution in [1.82, 2.24) is 0 Å². The van der Waals surface area contributed by atoms with Crippen LogP contribution in [0.25, 0.3) is 0 Å². The largest absolute Gasteiger partial charge is 0.495 e. The van der Waals surface area contributed by atoms with Gasteiger partial charge in [-0.3, -0.25) is 14.4 Å². The maximum atomic E-state index is 12.7. The molecule has 0 radical (unpaired) electrons. The minimum atomic E-state index is -0.514. The van der Waals surface area contributed by atoms with E-state index in [1.807, 2.05) is 0 Å². The molecule has 1 saturated heterocycles. The number of anilines is 3. The molecule has 0 aliphatic carbocycles. The zero-order valence-electron chi connectivity index (χ0n) is 16.2. The summed E-state index contributed by atoms with van der Waals surface area (Å²) in [5, 5.41) is 6.05. The van der Waals surface area contributed by atoms with E-state index in [1.165, 1.54) is 12.0 Å². The molecular formula is C21H22ClN3O4. The van der Waals surface area contributed by atoms with Gasteiger partial charge in [0.1, 0.15) is 5.75 Å². The number of carbonyl (C=O) groups is 3. The minimum absolute atomic E-state index is 0.0910. The van der Waals surface area contributed by atoms with Crippen LogP contribution in [-0.4, -0.2) is 31.4 Å². The predicted molar refractivity (Wildman–Crippen MR) is 112 cm³/mol. The summed E-state index contributed by atoms with van der Waals surface area (Å²) in [4.78, 5) is 38.3. The van der Waals surface area contributed by atoms with Gasteiger partial charge in [-0.1, -0.05) is 24.6 Å². The number of halogens is 1. The number of nitrogens with zero attached hydrogens (tertiary/aromatic N) is 1. The fourth-order valence-corrected chi connectivity index (χ4v) is 3.32. The van der Waals surface area contributed by atoms with Crippen LogP contribution >= 0.6 is 11.6 Å². The summed E-state index contributed by atoms with van der Waals surface area (Å²) in [5.41, 5.74) is 1.70. The Morgan fingerprint density at radius 2 is 1.90 bits per heavy atom. The van der Waals surface area contributed by atoms with Crippen molar-refractivity contribution in [2.75, 3.05) is 29.2 Å². The zero-order chi connectivity index (χ0) is 21.0. The SMILES string of the molecule is CCC(=O)Nc1cccc(NC(=O)C2CC(=O)N(c3cc(Cl)ccc3OC)C2)c1. The molecule has 0 saturated carbocycles. The first-order chi connectivity index (χ1) is 13.9. The van der Waals surface area contributed by atoms with Gasteiger partial charge in [0, 0.05) is 35.8 Å². The Bertz CT molecular complexity index is 947. The number of hydrogen-bond donors (Lipinski definition) is 2. The maximum Gasteiger partial charge on any atom is 0.229 e. The normalized spacial score (nSPS) is 15.9. The van der Waals surface area contributed by atoms with E-state index in [9.17, 15) is 14.4 Å². The Morgan fingerprint density at radius 3 is 2.59 bits per heavy atom. The standard InChI is InChI=1S/C21H22ClN3O4/c1-3-19(26)23-15-5-4-6-16(11-15)24-21(28)13-9-20(27)25(12-13)17-10-14(22)7-8-18(17)29-2/h4-8,10-11,13H,3,9,12H2,1-2H3,(H,23,26)(H,24,28). The van der Waals surface area contributed by atoms with E-state index >= 15 is 0 Å². The summed E-state index contributed by atoms with van der Waals surface area (Å²) >= 11 is 6.06. The van der Waals surface area contributed by atoms with E-state index in [4.69, 9.17) is 16.3 Å². The molecule has 0 bridgehead atoms. The van der Waals surface area contributed by atoms with E-state index in [-0.39, 0.29) is 30.7 Å². The lowest BCUT2D eigenvalue weighted by Gasteiger charge is -2.20. The second kappa shape index (κ2) is 8.96. The molecule has 7 nitrogen and oxygen atoms in total. The maximum absolute atomic E-state index is 12.7. The Kier molecular flexibility index (Phi) is 6.39. The molecule has 1 heterocycles. The van der Waals surface area contributed by atoms with Crippen molar-refractivity contribution >= 4 is 46.4 Å². The van der Waals surface area contributed by atoms with Gasteiger partial charge in [0.2, 0.25) is 17.7 Å². The van der Waals surface area contributed by atoms with Crippen molar-refractivity contribution in [2.45, 2.75) is 19.8 Å². The van der Waals surface area contributed by atoms with Crippen LogP contribution in [0.2, 0.25) is 5.02 Å². The van der Waals surface area contributed by atoms with Crippen molar-refractivity contribution < 1.29 is 19.1 Å². The van der Waals surface area contributed by atoms with Crippen molar-refractivity contribution in [3.63, 3.8) is 0 Å². The first-order valence-corrected chi connectivity index (χ1v) is 9.63. The van der Waals surface area contributed by atoms with Crippen LogP contribution in [0, 0.1) is 5.92 Å². The zero-order valence-corrected chi connectivity index (χ0v) is 17.0. The van der Waals surface area contributed by atoms with Crippen molar-refractivity contribution in [2.24, 2.45) is 5.92 Å². The number of hydrogen-bond acceptors (Lipinski definition) is 4. The molecule has 2 N–H and O–H groups in total. The topological polar surface area (TPSA) is 87.7 Å². The van der Waals surface area contributed by atoms with E-state index in [2.05, 4.69) is 10.6 Å². The van der Waals surface area contributed by atoms with Gasteiger partial charge in [-0.05, 0) is 36.4 Å². The molecule has 29 heavy (non-hydrogen) atoms. The lowest BCUT2D eigenvalue weighted by Crippen LogP contribution is -2.28. The summed E-state index contributed by atoms with van der Waals surface area (Å²) in [5.74, 6) is -0.542. The first kappa shape index (κ1) is 20.7. The van der Waals surface area contributed by atoms with Crippen LogP contribution in [0.3, 0.4) is 0 Å². The molecule has 2 aromatic rings. The molecule has 0 spiro atoms. The highest BCUT2D eigenvalue weighted by molar-refractivity contribution is 6.31. The van der Waals surface area contributed by atoms with Crippen molar-refractivity contribution in [3.05, 3.63) is 47.5 Å². The summed E-state index contributed by atoms with van der Waals surface area (Å²) in [6.45, 7) is 1.99. The highest BCUT2D eigenvalue weighted by atomic mass is 35.5. The molecule has 1 aliphatic heterocycles. The highest BCUT2D eigenvalue weighted by Gasteiger charge is 2.36. The Hall–Kier alpha value is -3.06. The molecule has 3 amide bonds. The lowest BCUT2D eigenvalue weighted by molar-refractivity contribution is -0.122. The monoisotopic (exact) mass is 415 g/mol. The number of benzene rings is 2. The molecular weight excluding hydrogens is 394 g/mol. The van der Waals surface area contributed by atoms with Crippen LogP contribution in [0.1, 0.15) is 19.8 Å². The van der Waals surface area contributed by atoms with Crippen LogP contribution in [-0.2, 0) is 14.4 Å². The van der Waals surface area contributed by atoms with Crippen LogP contribution in [0.15, 0.2) is 42.5 Å². The third-order valence-corrected chi connectivity index (χ3v) is 4.90. The highest BCUT2D eigenvalue weighted by Crippen LogP contribution is 2.35. The molecule has 152 valence electrons. The van der Waals surface area contributed by atoms with Gasteiger partial charge in [0.15, 0.2) is 0 Å². The molecule has 1 atom stereocenters. The second-order valence-corrected chi connectivity index (χ2v) is 7.13. The van der Waals surface area contributed by atoms with Crippen molar-refractivity contribution in [1.29, 1.82) is 0 Å². The molecule has 8 heteroatoms. The number of rotatable bonds is 6. The minimum Gasteiger partial charge on any atom is -0.495 e. The summed E-state index contributed by atoms with van der Waals surface area (Å²) in [7, 11) is 1.52. The molecule has 2 aromatic carbocycles. The van der Waals surface area contributed by atoms with E-state index in [0.717, 1.165) is 0 Å². The summed E-state index contributed by atoms with van der Waals surface area (Å²) in [6, 6.07) is 11.9. The first-order valence-electron chi connectivity index (χ1n) is 9.26. The number of carbonyl (C=O) groups excluding carboxylic acids is 3. The Labute approximate surface area is 174 Å².